The molecule has 1 saturated carbocycles. The van der Waals surface area contributed by atoms with Gasteiger partial charge in [-0.15, -0.1) is 0 Å². The number of anilines is 1. The number of hydrogen-bond acceptors (Lipinski definition) is 3. The van der Waals surface area contributed by atoms with Crippen LogP contribution < -0.4 is 15.4 Å². The number of ether oxygens (including phenoxy) is 1. The van der Waals surface area contributed by atoms with Crippen LogP contribution in [0.5, 0.6) is 5.75 Å². The van der Waals surface area contributed by atoms with E-state index in [2.05, 4.69) is 22.8 Å². The highest BCUT2D eigenvalue weighted by molar-refractivity contribution is 5.47. The van der Waals surface area contributed by atoms with Gasteiger partial charge >= 0.3 is 0 Å². The summed E-state index contributed by atoms with van der Waals surface area (Å²) in [4.78, 5) is 0. The number of piperidine rings is 1. The molecule has 1 aliphatic heterocycles. The second-order valence-corrected chi connectivity index (χ2v) is 6.48. The van der Waals surface area contributed by atoms with E-state index in [0.717, 1.165) is 17.7 Å². The Bertz CT molecular complexity index is 425. The second-order valence-electron chi connectivity index (χ2n) is 6.48. The van der Waals surface area contributed by atoms with Crippen LogP contribution in [0.15, 0.2) is 24.3 Å². The lowest BCUT2D eigenvalue weighted by atomic mass is 9.77. The minimum Gasteiger partial charge on any atom is -0.497 e. The molecule has 0 amide bonds. The maximum Gasteiger partial charge on any atom is 0.119 e. The first-order valence-electron chi connectivity index (χ1n) is 8.51. The van der Waals surface area contributed by atoms with Crippen molar-refractivity contribution in [1.29, 1.82) is 0 Å². The molecule has 3 unspecified atom stereocenters. The fourth-order valence-electron chi connectivity index (χ4n) is 3.97. The maximum absolute atomic E-state index is 5.24. The smallest absolute Gasteiger partial charge is 0.119 e. The van der Waals surface area contributed by atoms with E-state index in [1.54, 1.807) is 7.11 Å². The molecule has 3 rings (SSSR count). The van der Waals surface area contributed by atoms with Crippen LogP contribution in [0, 0.1) is 5.92 Å². The maximum atomic E-state index is 5.24. The Morgan fingerprint density at radius 3 is 2.48 bits per heavy atom. The first kappa shape index (κ1) is 14.7. The van der Waals surface area contributed by atoms with Gasteiger partial charge in [-0.2, -0.15) is 0 Å². The van der Waals surface area contributed by atoms with Crippen LogP contribution in [0.4, 0.5) is 5.69 Å². The van der Waals surface area contributed by atoms with E-state index in [9.17, 15) is 0 Å². The standard InChI is InChI=1S/C18H28N2O/c1-21-15-11-9-14(10-12-15)20-18-8-3-2-6-16(18)17-7-4-5-13-19-17/h9-12,16-20H,2-8,13H2,1H3. The largest absolute Gasteiger partial charge is 0.497 e. The summed E-state index contributed by atoms with van der Waals surface area (Å²) in [5.74, 6) is 1.70. The van der Waals surface area contributed by atoms with E-state index in [4.69, 9.17) is 4.74 Å². The summed E-state index contributed by atoms with van der Waals surface area (Å²) in [6.45, 7) is 1.20. The van der Waals surface area contributed by atoms with Crippen LogP contribution in [0.25, 0.3) is 0 Å². The molecule has 0 radical (unpaired) electrons. The second kappa shape index (κ2) is 7.17. The normalized spacial score (nSPS) is 29.9. The van der Waals surface area contributed by atoms with E-state index < -0.39 is 0 Å². The van der Waals surface area contributed by atoms with Gasteiger partial charge in [0, 0.05) is 17.8 Å². The lowest BCUT2D eigenvalue weighted by molar-refractivity contribution is 0.217. The van der Waals surface area contributed by atoms with E-state index in [1.165, 1.54) is 57.2 Å². The van der Waals surface area contributed by atoms with E-state index in [0.29, 0.717) is 6.04 Å². The molecule has 2 N–H and O–H groups in total. The van der Waals surface area contributed by atoms with E-state index in [1.807, 2.05) is 12.1 Å². The Labute approximate surface area is 128 Å². The van der Waals surface area contributed by atoms with Crippen LogP contribution in [0.1, 0.15) is 44.9 Å². The quantitative estimate of drug-likeness (QED) is 0.884. The zero-order valence-electron chi connectivity index (χ0n) is 13.1. The van der Waals surface area contributed by atoms with Crippen molar-refractivity contribution in [3.05, 3.63) is 24.3 Å². The third-order valence-electron chi connectivity index (χ3n) is 5.13. The molecule has 0 bridgehead atoms. The third kappa shape index (κ3) is 3.70. The van der Waals surface area contributed by atoms with Crippen LogP contribution in [-0.2, 0) is 0 Å². The zero-order valence-corrected chi connectivity index (χ0v) is 13.1. The number of hydrogen-bond donors (Lipinski definition) is 2. The lowest BCUT2D eigenvalue weighted by Gasteiger charge is -2.40. The SMILES string of the molecule is COc1ccc(NC2CCCCC2C2CCCCN2)cc1. The van der Waals surface area contributed by atoms with Crippen molar-refractivity contribution in [2.45, 2.75) is 57.0 Å². The molecule has 2 fully saturated rings. The van der Waals surface area contributed by atoms with Crippen molar-refractivity contribution >= 4 is 5.69 Å². The minimum absolute atomic E-state index is 0.614. The Morgan fingerprint density at radius 2 is 1.76 bits per heavy atom. The molecule has 2 aliphatic rings. The average Bonchev–Trinajstić information content (AvgIpc) is 2.57. The van der Waals surface area contributed by atoms with Crippen LogP contribution in [0.3, 0.4) is 0 Å². The molecule has 0 spiro atoms. The summed E-state index contributed by atoms with van der Waals surface area (Å²) < 4.78 is 5.24. The number of methoxy groups -OCH3 is 1. The van der Waals surface area contributed by atoms with Gasteiger partial charge in [0.2, 0.25) is 0 Å². The number of nitrogens with one attached hydrogen (secondary N) is 2. The molecule has 3 nitrogen and oxygen atoms in total. The predicted molar refractivity (Wildman–Crippen MR) is 88.0 cm³/mol. The van der Waals surface area contributed by atoms with Crippen molar-refractivity contribution < 1.29 is 4.74 Å². The average molecular weight is 288 g/mol. The molecule has 116 valence electrons. The van der Waals surface area contributed by atoms with Gasteiger partial charge in [-0.25, -0.2) is 0 Å². The molecule has 1 aromatic rings. The predicted octanol–water partition coefficient (Wildman–Crippen LogP) is 3.81. The molecule has 1 saturated heterocycles. The molecular formula is C18H28N2O. The summed E-state index contributed by atoms with van der Waals surface area (Å²) in [6.07, 6.45) is 9.51. The van der Waals surface area contributed by atoms with Gasteiger partial charge in [0.25, 0.3) is 0 Å². The number of benzene rings is 1. The molecule has 1 aromatic carbocycles. The van der Waals surface area contributed by atoms with E-state index in [-0.39, 0.29) is 0 Å². The third-order valence-corrected chi connectivity index (χ3v) is 5.13. The highest BCUT2D eigenvalue weighted by atomic mass is 16.5. The van der Waals surface area contributed by atoms with Gasteiger partial charge < -0.3 is 15.4 Å². The van der Waals surface area contributed by atoms with Gasteiger partial charge in [-0.05, 0) is 62.4 Å². The molecule has 1 heterocycles. The first-order chi connectivity index (χ1) is 10.4. The highest BCUT2D eigenvalue weighted by Crippen LogP contribution is 2.32. The highest BCUT2D eigenvalue weighted by Gasteiger charge is 2.32. The molecule has 0 aromatic heterocycles. The summed E-state index contributed by atoms with van der Waals surface area (Å²) in [6, 6.07) is 9.69. The van der Waals surface area contributed by atoms with Crippen LogP contribution >= 0.6 is 0 Å². The minimum atomic E-state index is 0.614. The van der Waals surface area contributed by atoms with Crippen molar-refractivity contribution in [1.82, 2.24) is 5.32 Å². The fraction of sp³-hybridized carbons (Fsp3) is 0.667. The van der Waals surface area contributed by atoms with Crippen molar-refractivity contribution in [3.8, 4) is 5.75 Å². The van der Waals surface area contributed by atoms with Crippen molar-refractivity contribution in [3.63, 3.8) is 0 Å². The molecule has 3 heteroatoms. The molecule has 1 aliphatic carbocycles. The Kier molecular flexibility index (Phi) is 5.02. The lowest BCUT2D eigenvalue weighted by Crippen LogP contribution is -2.48. The van der Waals surface area contributed by atoms with E-state index >= 15 is 0 Å². The zero-order chi connectivity index (χ0) is 14.5. The summed E-state index contributed by atoms with van der Waals surface area (Å²) in [7, 11) is 1.72. The molecular weight excluding hydrogens is 260 g/mol. The van der Waals surface area contributed by atoms with Gasteiger partial charge in [0.15, 0.2) is 0 Å². The Morgan fingerprint density at radius 1 is 1.00 bits per heavy atom. The fourth-order valence-corrected chi connectivity index (χ4v) is 3.97. The van der Waals surface area contributed by atoms with Gasteiger partial charge in [-0.1, -0.05) is 19.3 Å². The topological polar surface area (TPSA) is 33.3 Å². The summed E-state index contributed by atoms with van der Waals surface area (Å²) in [5, 5.41) is 7.55. The molecule has 3 atom stereocenters. The first-order valence-corrected chi connectivity index (χ1v) is 8.51. The van der Waals surface area contributed by atoms with Crippen molar-refractivity contribution in [2.24, 2.45) is 5.92 Å². The van der Waals surface area contributed by atoms with Crippen LogP contribution in [0.2, 0.25) is 0 Å². The Hall–Kier alpha value is -1.22. The summed E-state index contributed by atoms with van der Waals surface area (Å²) in [5.41, 5.74) is 1.23. The van der Waals surface area contributed by atoms with Gasteiger partial charge in [0.05, 0.1) is 7.11 Å². The summed E-state index contributed by atoms with van der Waals surface area (Å²) >= 11 is 0. The van der Waals surface area contributed by atoms with Crippen molar-refractivity contribution in [2.75, 3.05) is 19.0 Å². The van der Waals surface area contributed by atoms with Crippen LogP contribution in [-0.4, -0.2) is 25.7 Å². The monoisotopic (exact) mass is 288 g/mol. The van der Waals surface area contributed by atoms with Gasteiger partial charge in [0.1, 0.15) is 5.75 Å². The Balaban J connectivity index is 1.65. The van der Waals surface area contributed by atoms with Gasteiger partial charge in [-0.3, -0.25) is 0 Å². The molecule has 21 heavy (non-hydrogen) atoms. The number of rotatable bonds is 4.